The van der Waals surface area contributed by atoms with Gasteiger partial charge in [0.15, 0.2) is 0 Å². The Balaban J connectivity index is 1.38. The molecule has 0 saturated carbocycles. The van der Waals surface area contributed by atoms with Crippen molar-refractivity contribution in [3.8, 4) is 5.75 Å². The Hall–Kier alpha value is -1.87. The van der Waals surface area contributed by atoms with Gasteiger partial charge in [0.2, 0.25) is 11.8 Å². The van der Waals surface area contributed by atoms with E-state index in [1.54, 1.807) is 30.0 Å². The zero-order valence-corrected chi connectivity index (χ0v) is 19.2. The average Bonchev–Trinajstić information content (AvgIpc) is 3.19. The first-order valence-electron chi connectivity index (χ1n) is 9.00. The van der Waals surface area contributed by atoms with E-state index in [9.17, 15) is 4.79 Å². The molecule has 1 heterocycles. The number of amides is 1. The molecule has 158 valence electrons. The van der Waals surface area contributed by atoms with Crippen molar-refractivity contribution < 1.29 is 13.9 Å². The molecule has 0 atom stereocenters. The second kappa shape index (κ2) is 11.5. The minimum Gasteiger partial charge on any atom is -0.492 e. The highest BCUT2D eigenvalue weighted by molar-refractivity contribution is 7.99. The van der Waals surface area contributed by atoms with Crippen LogP contribution in [0, 0.1) is 0 Å². The number of nitrogens with one attached hydrogen (secondary N) is 1. The van der Waals surface area contributed by atoms with E-state index in [1.165, 1.54) is 11.8 Å². The van der Waals surface area contributed by atoms with Gasteiger partial charge in [0.05, 0.1) is 17.4 Å². The Bertz CT molecular complexity index is 1000. The molecule has 1 aromatic heterocycles. The fourth-order valence-corrected chi connectivity index (χ4v) is 3.92. The average molecular weight is 484 g/mol. The van der Waals surface area contributed by atoms with Gasteiger partial charge in [-0.25, -0.2) is 0 Å². The van der Waals surface area contributed by atoms with E-state index in [2.05, 4.69) is 15.5 Å². The third kappa shape index (κ3) is 7.12. The van der Waals surface area contributed by atoms with E-state index in [0.29, 0.717) is 46.4 Å². The van der Waals surface area contributed by atoms with E-state index in [4.69, 9.17) is 32.4 Å². The molecule has 3 aromatic rings. The van der Waals surface area contributed by atoms with E-state index < -0.39 is 0 Å². The fourth-order valence-electron chi connectivity index (χ4n) is 2.42. The molecule has 1 amide bonds. The number of hydrogen-bond donors (Lipinski definition) is 1. The standard InChI is InChI=1S/C20H19Cl2N3O3S2/c1-29-15-5-2-4-14(11-15)23-18(26)12-30-20-25-24-19(28-20)6-3-9-27-17-8-7-13(21)10-16(17)22/h2,4-5,7-8,10-11H,3,6,9,12H2,1H3,(H,23,26). The van der Waals surface area contributed by atoms with Crippen molar-refractivity contribution in [2.45, 2.75) is 23.0 Å². The largest absolute Gasteiger partial charge is 0.492 e. The number of halogens is 2. The maximum absolute atomic E-state index is 12.1. The molecule has 0 saturated heterocycles. The lowest BCUT2D eigenvalue weighted by Gasteiger charge is -2.07. The highest BCUT2D eigenvalue weighted by Crippen LogP contribution is 2.27. The summed E-state index contributed by atoms with van der Waals surface area (Å²) in [5, 5.41) is 12.2. The summed E-state index contributed by atoms with van der Waals surface area (Å²) in [7, 11) is 0. The summed E-state index contributed by atoms with van der Waals surface area (Å²) in [6.45, 7) is 0.448. The number of rotatable bonds is 10. The number of nitrogens with zero attached hydrogens (tertiary/aromatic N) is 2. The predicted octanol–water partition coefficient (Wildman–Crippen LogP) is 5.84. The van der Waals surface area contributed by atoms with Crippen LogP contribution < -0.4 is 10.1 Å². The highest BCUT2D eigenvalue weighted by atomic mass is 35.5. The lowest BCUT2D eigenvalue weighted by molar-refractivity contribution is -0.113. The molecule has 0 spiro atoms. The Kier molecular flexibility index (Phi) is 8.74. The minimum absolute atomic E-state index is 0.133. The van der Waals surface area contributed by atoms with Crippen LogP contribution in [0.2, 0.25) is 10.0 Å². The molecule has 0 aliphatic carbocycles. The van der Waals surface area contributed by atoms with E-state index in [1.807, 2.05) is 30.5 Å². The first kappa shape index (κ1) is 22.8. The van der Waals surface area contributed by atoms with Crippen LogP contribution in [0.4, 0.5) is 5.69 Å². The highest BCUT2D eigenvalue weighted by Gasteiger charge is 2.11. The van der Waals surface area contributed by atoms with Crippen molar-refractivity contribution in [1.29, 1.82) is 0 Å². The second-order valence-corrected chi connectivity index (χ2v) is 8.71. The Labute approximate surface area is 193 Å². The SMILES string of the molecule is CSc1cccc(NC(=O)CSc2nnc(CCCOc3ccc(Cl)cc3Cl)o2)c1. The lowest BCUT2D eigenvalue weighted by Crippen LogP contribution is -2.13. The second-order valence-electron chi connectivity index (χ2n) is 6.06. The number of benzene rings is 2. The van der Waals surface area contributed by atoms with Gasteiger partial charge in [0.25, 0.3) is 5.22 Å². The number of carbonyl (C=O) groups is 1. The van der Waals surface area contributed by atoms with Crippen LogP contribution in [0.1, 0.15) is 12.3 Å². The van der Waals surface area contributed by atoms with Crippen LogP contribution in [-0.2, 0) is 11.2 Å². The summed E-state index contributed by atoms with van der Waals surface area (Å²) >= 11 is 14.8. The molecular weight excluding hydrogens is 465 g/mol. The van der Waals surface area contributed by atoms with Gasteiger partial charge in [-0.1, -0.05) is 41.0 Å². The molecule has 2 aromatic carbocycles. The molecule has 0 fully saturated rings. The number of aryl methyl sites for hydroxylation is 1. The number of hydrogen-bond acceptors (Lipinski definition) is 7. The molecule has 0 aliphatic rings. The van der Waals surface area contributed by atoms with Crippen LogP contribution in [0.15, 0.2) is 57.0 Å². The Morgan fingerprint density at radius 1 is 1.20 bits per heavy atom. The normalized spacial score (nSPS) is 10.8. The van der Waals surface area contributed by atoms with Gasteiger partial charge in [0, 0.05) is 22.0 Å². The van der Waals surface area contributed by atoms with Crippen molar-refractivity contribution in [3.63, 3.8) is 0 Å². The molecule has 3 rings (SSSR count). The van der Waals surface area contributed by atoms with Gasteiger partial charge >= 0.3 is 0 Å². The minimum atomic E-state index is -0.133. The van der Waals surface area contributed by atoms with E-state index in [0.717, 1.165) is 10.6 Å². The number of thioether (sulfide) groups is 2. The van der Waals surface area contributed by atoms with Gasteiger partial charge in [-0.05, 0) is 49.1 Å². The third-order valence-electron chi connectivity index (χ3n) is 3.82. The molecule has 0 radical (unpaired) electrons. The summed E-state index contributed by atoms with van der Waals surface area (Å²) in [5.41, 5.74) is 0.763. The van der Waals surface area contributed by atoms with Crippen molar-refractivity contribution in [1.82, 2.24) is 10.2 Å². The number of aromatic nitrogens is 2. The van der Waals surface area contributed by atoms with Crippen LogP contribution in [-0.4, -0.2) is 34.7 Å². The lowest BCUT2D eigenvalue weighted by atomic mass is 10.3. The summed E-state index contributed by atoms with van der Waals surface area (Å²) in [6, 6.07) is 12.8. The van der Waals surface area contributed by atoms with Crippen molar-refractivity contribution in [2.24, 2.45) is 0 Å². The number of carbonyl (C=O) groups excluding carboxylic acids is 1. The number of anilines is 1. The van der Waals surface area contributed by atoms with Crippen LogP contribution >= 0.6 is 46.7 Å². The molecule has 10 heteroatoms. The summed E-state index contributed by atoms with van der Waals surface area (Å²) in [4.78, 5) is 13.2. The van der Waals surface area contributed by atoms with Crippen molar-refractivity contribution in [3.05, 3.63) is 58.4 Å². The molecule has 30 heavy (non-hydrogen) atoms. The predicted molar refractivity (Wildman–Crippen MR) is 122 cm³/mol. The Morgan fingerprint density at radius 2 is 2.07 bits per heavy atom. The first-order valence-corrected chi connectivity index (χ1v) is 12.0. The summed E-state index contributed by atoms with van der Waals surface area (Å²) in [6.07, 6.45) is 3.23. The van der Waals surface area contributed by atoms with Crippen molar-refractivity contribution >= 4 is 58.3 Å². The van der Waals surface area contributed by atoms with E-state index >= 15 is 0 Å². The summed E-state index contributed by atoms with van der Waals surface area (Å²) in [5.74, 6) is 1.13. The molecule has 0 bridgehead atoms. The quantitative estimate of drug-likeness (QED) is 0.286. The smallest absolute Gasteiger partial charge is 0.277 e. The zero-order valence-electron chi connectivity index (χ0n) is 16.1. The maximum atomic E-state index is 12.1. The Morgan fingerprint density at radius 3 is 2.87 bits per heavy atom. The number of ether oxygens (including phenoxy) is 1. The molecule has 0 aliphatic heterocycles. The van der Waals surface area contributed by atoms with Gasteiger partial charge in [-0.2, -0.15) is 0 Å². The van der Waals surface area contributed by atoms with Crippen LogP contribution in [0.5, 0.6) is 5.75 Å². The first-order chi connectivity index (χ1) is 14.5. The van der Waals surface area contributed by atoms with Gasteiger partial charge in [-0.15, -0.1) is 22.0 Å². The summed E-state index contributed by atoms with van der Waals surface area (Å²) < 4.78 is 11.2. The zero-order chi connectivity index (χ0) is 21.3. The molecular formula is C20H19Cl2N3O3S2. The van der Waals surface area contributed by atoms with Gasteiger partial charge in [0.1, 0.15) is 5.75 Å². The van der Waals surface area contributed by atoms with Crippen LogP contribution in [0.25, 0.3) is 0 Å². The third-order valence-corrected chi connectivity index (χ3v) is 5.89. The van der Waals surface area contributed by atoms with E-state index in [-0.39, 0.29) is 11.7 Å². The molecule has 1 N–H and O–H groups in total. The monoisotopic (exact) mass is 483 g/mol. The van der Waals surface area contributed by atoms with Crippen LogP contribution in [0.3, 0.4) is 0 Å². The topological polar surface area (TPSA) is 77.2 Å². The fraction of sp³-hybridized carbons (Fsp3) is 0.250. The molecule has 0 unspecified atom stereocenters. The van der Waals surface area contributed by atoms with Gasteiger partial charge in [-0.3, -0.25) is 4.79 Å². The molecule has 6 nitrogen and oxygen atoms in total. The van der Waals surface area contributed by atoms with Gasteiger partial charge < -0.3 is 14.5 Å². The maximum Gasteiger partial charge on any atom is 0.277 e. The van der Waals surface area contributed by atoms with Crippen molar-refractivity contribution in [2.75, 3.05) is 23.9 Å².